The SMILES string of the molecule is Cc1cc(=O)n(CC(=O)c2ccc(Br)cc2)c2ccccc12. The van der Waals surface area contributed by atoms with Gasteiger partial charge in [0.25, 0.3) is 5.56 Å². The largest absolute Gasteiger partial charge is 0.300 e. The number of Topliss-reactive ketones (excluding diaryl/α,β-unsaturated/α-hetero) is 1. The van der Waals surface area contributed by atoms with Crippen molar-refractivity contribution < 1.29 is 4.79 Å². The summed E-state index contributed by atoms with van der Waals surface area (Å²) in [6.07, 6.45) is 0. The third-order valence-corrected chi connectivity index (χ3v) is 4.22. The van der Waals surface area contributed by atoms with Gasteiger partial charge in [0, 0.05) is 21.5 Å². The number of carbonyl (C=O) groups is 1. The molecule has 4 heteroatoms. The van der Waals surface area contributed by atoms with Crippen molar-refractivity contribution in [3.63, 3.8) is 0 Å². The van der Waals surface area contributed by atoms with Crippen LogP contribution in [0.25, 0.3) is 10.9 Å². The van der Waals surface area contributed by atoms with Crippen LogP contribution < -0.4 is 5.56 Å². The van der Waals surface area contributed by atoms with Gasteiger partial charge in [-0.1, -0.05) is 46.3 Å². The highest BCUT2D eigenvalue weighted by atomic mass is 79.9. The quantitative estimate of drug-likeness (QED) is 0.667. The van der Waals surface area contributed by atoms with Gasteiger partial charge < -0.3 is 4.57 Å². The number of hydrogen-bond donors (Lipinski definition) is 0. The molecule has 0 N–H and O–H groups in total. The van der Waals surface area contributed by atoms with Crippen molar-refractivity contribution in [1.82, 2.24) is 4.57 Å². The molecular weight excluding hydrogens is 342 g/mol. The molecular formula is C18H14BrNO2. The Kier molecular flexibility index (Phi) is 3.94. The van der Waals surface area contributed by atoms with Gasteiger partial charge >= 0.3 is 0 Å². The highest BCUT2D eigenvalue weighted by Crippen LogP contribution is 2.17. The maximum absolute atomic E-state index is 12.4. The molecule has 0 spiro atoms. The Bertz CT molecular complexity index is 911. The number of aryl methyl sites for hydroxylation is 1. The third kappa shape index (κ3) is 2.74. The molecule has 0 unspecified atom stereocenters. The van der Waals surface area contributed by atoms with Gasteiger partial charge in [-0.05, 0) is 30.7 Å². The van der Waals surface area contributed by atoms with Crippen LogP contribution in [-0.4, -0.2) is 10.4 Å². The fraction of sp³-hybridized carbons (Fsp3) is 0.111. The average Bonchev–Trinajstić information content (AvgIpc) is 2.52. The summed E-state index contributed by atoms with van der Waals surface area (Å²) in [6.45, 7) is 1.95. The molecule has 1 heterocycles. The molecule has 0 saturated carbocycles. The normalized spacial score (nSPS) is 10.8. The van der Waals surface area contributed by atoms with E-state index >= 15 is 0 Å². The minimum atomic E-state index is -0.151. The fourth-order valence-electron chi connectivity index (χ4n) is 2.54. The summed E-state index contributed by atoms with van der Waals surface area (Å²) in [7, 11) is 0. The van der Waals surface area contributed by atoms with Crippen molar-refractivity contribution in [2.24, 2.45) is 0 Å². The van der Waals surface area contributed by atoms with Gasteiger partial charge in [-0.3, -0.25) is 9.59 Å². The van der Waals surface area contributed by atoms with Crippen molar-refractivity contribution in [2.45, 2.75) is 13.5 Å². The Morgan fingerprint density at radius 2 is 1.77 bits per heavy atom. The van der Waals surface area contributed by atoms with Crippen LogP contribution in [0.3, 0.4) is 0 Å². The zero-order valence-corrected chi connectivity index (χ0v) is 13.6. The number of rotatable bonds is 3. The average molecular weight is 356 g/mol. The van der Waals surface area contributed by atoms with Gasteiger partial charge in [0.15, 0.2) is 5.78 Å². The Labute approximate surface area is 136 Å². The summed E-state index contributed by atoms with van der Waals surface area (Å²) in [5.74, 6) is -0.0800. The second-order valence-corrected chi connectivity index (χ2v) is 6.11. The van der Waals surface area contributed by atoms with Crippen LogP contribution in [0.5, 0.6) is 0 Å². The van der Waals surface area contributed by atoms with E-state index in [1.54, 1.807) is 18.2 Å². The molecule has 2 aromatic carbocycles. The van der Waals surface area contributed by atoms with E-state index in [1.807, 2.05) is 43.3 Å². The number of benzene rings is 2. The number of carbonyl (C=O) groups excluding carboxylic acids is 1. The Balaban J connectivity index is 2.06. The number of ketones is 1. The van der Waals surface area contributed by atoms with Gasteiger partial charge in [0.05, 0.1) is 12.1 Å². The molecule has 1 aromatic heterocycles. The summed E-state index contributed by atoms with van der Waals surface area (Å²) in [6, 6.07) is 16.4. The first-order chi connectivity index (χ1) is 10.6. The molecule has 0 radical (unpaired) electrons. The summed E-state index contributed by atoms with van der Waals surface area (Å²) < 4.78 is 2.45. The second kappa shape index (κ2) is 5.89. The molecule has 110 valence electrons. The number of nitrogens with zero attached hydrogens (tertiary/aromatic N) is 1. The molecule has 3 aromatic rings. The molecule has 0 saturated heterocycles. The number of fused-ring (bicyclic) bond motifs is 1. The van der Waals surface area contributed by atoms with E-state index in [2.05, 4.69) is 15.9 Å². The lowest BCUT2D eigenvalue weighted by Crippen LogP contribution is -2.24. The van der Waals surface area contributed by atoms with Crippen LogP contribution in [0.15, 0.2) is 63.9 Å². The number of para-hydroxylation sites is 1. The first-order valence-corrected chi connectivity index (χ1v) is 7.73. The van der Waals surface area contributed by atoms with Crippen molar-refractivity contribution in [2.75, 3.05) is 0 Å². The molecule has 3 nitrogen and oxygen atoms in total. The first kappa shape index (κ1) is 14.7. The Morgan fingerprint density at radius 3 is 2.50 bits per heavy atom. The van der Waals surface area contributed by atoms with E-state index in [9.17, 15) is 9.59 Å². The highest BCUT2D eigenvalue weighted by Gasteiger charge is 2.11. The second-order valence-electron chi connectivity index (χ2n) is 5.20. The summed E-state index contributed by atoms with van der Waals surface area (Å²) in [5, 5.41) is 0.991. The van der Waals surface area contributed by atoms with Crippen molar-refractivity contribution in [3.8, 4) is 0 Å². The van der Waals surface area contributed by atoms with Gasteiger partial charge in [-0.15, -0.1) is 0 Å². The van der Waals surface area contributed by atoms with Crippen LogP contribution in [0.1, 0.15) is 15.9 Å². The summed E-state index contributed by atoms with van der Waals surface area (Å²) >= 11 is 3.35. The zero-order chi connectivity index (χ0) is 15.7. The van der Waals surface area contributed by atoms with E-state index in [-0.39, 0.29) is 17.9 Å². The van der Waals surface area contributed by atoms with Gasteiger partial charge in [-0.2, -0.15) is 0 Å². The molecule has 0 aliphatic heterocycles. The molecule has 0 bridgehead atoms. The van der Waals surface area contributed by atoms with E-state index in [0.29, 0.717) is 5.56 Å². The standard InChI is InChI=1S/C18H14BrNO2/c1-12-10-18(22)20(16-5-3-2-4-15(12)16)11-17(21)13-6-8-14(19)9-7-13/h2-10H,11H2,1H3. The van der Waals surface area contributed by atoms with Gasteiger partial charge in [0.1, 0.15) is 0 Å². The van der Waals surface area contributed by atoms with Crippen molar-refractivity contribution in [3.05, 3.63) is 80.6 Å². The summed E-state index contributed by atoms with van der Waals surface area (Å²) in [4.78, 5) is 24.7. The molecule has 0 aliphatic rings. The smallest absolute Gasteiger partial charge is 0.251 e. The zero-order valence-electron chi connectivity index (χ0n) is 12.0. The van der Waals surface area contributed by atoms with Crippen LogP contribution >= 0.6 is 15.9 Å². The van der Waals surface area contributed by atoms with E-state index in [4.69, 9.17) is 0 Å². The topological polar surface area (TPSA) is 39.1 Å². The lowest BCUT2D eigenvalue weighted by atomic mass is 10.1. The molecule has 0 atom stereocenters. The van der Waals surface area contributed by atoms with Crippen LogP contribution in [-0.2, 0) is 6.54 Å². The van der Waals surface area contributed by atoms with Crippen molar-refractivity contribution >= 4 is 32.6 Å². The first-order valence-electron chi connectivity index (χ1n) is 6.94. The maximum Gasteiger partial charge on any atom is 0.251 e. The number of pyridine rings is 1. The predicted molar refractivity (Wildman–Crippen MR) is 91.4 cm³/mol. The Morgan fingerprint density at radius 1 is 1.09 bits per heavy atom. The predicted octanol–water partition coefficient (Wildman–Crippen LogP) is 3.96. The number of aromatic nitrogens is 1. The maximum atomic E-state index is 12.4. The van der Waals surface area contributed by atoms with Gasteiger partial charge in [-0.25, -0.2) is 0 Å². The highest BCUT2D eigenvalue weighted by molar-refractivity contribution is 9.10. The molecule has 0 fully saturated rings. The lowest BCUT2D eigenvalue weighted by Gasteiger charge is -2.11. The van der Waals surface area contributed by atoms with Crippen LogP contribution in [0.4, 0.5) is 0 Å². The van der Waals surface area contributed by atoms with E-state index in [1.165, 1.54) is 4.57 Å². The monoisotopic (exact) mass is 355 g/mol. The molecule has 0 aliphatic carbocycles. The Hall–Kier alpha value is -2.20. The van der Waals surface area contributed by atoms with Crippen LogP contribution in [0, 0.1) is 6.92 Å². The van der Waals surface area contributed by atoms with Crippen molar-refractivity contribution in [1.29, 1.82) is 0 Å². The van der Waals surface area contributed by atoms with E-state index < -0.39 is 0 Å². The number of halogens is 1. The molecule has 0 amide bonds. The summed E-state index contributed by atoms with van der Waals surface area (Å²) in [5.41, 5.74) is 2.16. The molecule has 3 rings (SSSR count). The lowest BCUT2D eigenvalue weighted by molar-refractivity contribution is 0.0972. The minimum absolute atomic E-state index is 0.0429. The van der Waals surface area contributed by atoms with Crippen LogP contribution in [0.2, 0.25) is 0 Å². The minimum Gasteiger partial charge on any atom is -0.300 e. The third-order valence-electron chi connectivity index (χ3n) is 3.69. The van der Waals surface area contributed by atoms with Gasteiger partial charge in [0.2, 0.25) is 0 Å². The fourth-order valence-corrected chi connectivity index (χ4v) is 2.80. The number of hydrogen-bond acceptors (Lipinski definition) is 2. The molecule has 22 heavy (non-hydrogen) atoms. The van der Waals surface area contributed by atoms with E-state index in [0.717, 1.165) is 20.9 Å².